The maximum absolute atomic E-state index is 5.07. The van der Waals surface area contributed by atoms with Crippen molar-refractivity contribution >= 4 is 17.5 Å². The van der Waals surface area contributed by atoms with Crippen LogP contribution in [0.3, 0.4) is 0 Å². The predicted molar refractivity (Wildman–Crippen MR) is 90.7 cm³/mol. The van der Waals surface area contributed by atoms with Crippen LogP contribution < -0.4 is 10.6 Å². The second-order valence-corrected chi connectivity index (χ2v) is 5.57. The Labute approximate surface area is 135 Å². The molecule has 0 bridgehead atoms. The van der Waals surface area contributed by atoms with Crippen molar-refractivity contribution in [2.24, 2.45) is 0 Å². The van der Waals surface area contributed by atoms with E-state index in [0.29, 0.717) is 17.5 Å². The molecule has 0 aliphatic carbocycles. The normalized spacial score (nSPS) is 10.8. The Kier molecular flexibility index (Phi) is 4.23. The fourth-order valence-electron chi connectivity index (χ4n) is 2.15. The van der Waals surface area contributed by atoms with Crippen molar-refractivity contribution in [3.8, 4) is 11.4 Å². The van der Waals surface area contributed by atoms with E-state index in [1.807, 2.05) is 49.4 Å². The van der Waals surface area contributed by atoms with E-state index in [9.17, 15) is 0 Å². The highest BCUT2D eigenvalue weighted by molar-refractivity contribution is 5.63. The molecule has 2 N–H and O–H groups in total. The van der Waals surface area contributed by atoms with Crippen molar-refractivity contribution in [3.63, 3.8) is 0 Å². The van der Waals surface area contributed by atoms with Crippen LogP contribution in [0.25, 0.3) is 11.4 Å². The first-order chi connectivity index (χ1) is 11.1. The third kappa shape index (κ3) is 3.85. The molecule has 118 valence electrons. The fourth-order valence-corrected chi connectivity index (χ4v) is 2.15. The van der Waals surface area contributed by atoms with Crippen molar-refractivity contribution in [1.29, 1.82) is 0 Å². The van der Waals surface area contributed by atoms with Gasteiger partial charge in [0.1, 0.15) is 17.4 Å². The Morgan fingerprint density at radius 1 is 0.957 bits per heavy atom. The third-order valence-electron chi connectivity index (χ3n) is 3.08. The maximum atomic E-state index is 5.07. The van der Waals surface area contributed by atoms with Gasteiger partial charge in [-0.3, -0.25) is 0 Å². The summed E-state index contributed by atoms with van der Waals surface area (Å²) in [5.74, 6) is 3.44. The summed E-state index contributed by atoms with van der Waals surface area (Å²) in [6.07, 6.45) is 0. The second-order valence-electron chi connectivity index (χ2n) is 5.57. The van der Waals surface area contributed by atoms with Crippen molar-refractivity contribution in [2.75, 3.05) is 10.6 Å². The number of nitrogens with zero attached hydrogens (tertiary/aromatic N) is 3. The first kappa shape index (κ1) is 15.0. The fraction of sp³-hybridized carbons (Fsp3) is 0.235. The van der Waals surface area contributed by atoms with Crippen LogP contribution in [0.1, 0.15) is 19.6 Å². The molecule has 2 heterocycles. The van der Waals surface area contributed by atoms with E-state index in [4.69, 9.17) is 4.52 Å². The van der Waals surface area contributed by atoms with Gasteiger partial charge in [0.25, 0.3) is 0 Å². The molecule has 0 aliphatic heterocycles. The zero-order valence-corrected chi connectivity index (χ0v) is 13.4. The monoisotopic (exact) mass is 309 g/mol. The Hall–Kier alpha value is -2.89. The summed E-state index contributed by atoms with van der Waals surface area (Å²) in [5, 5.41) is 10.4. The molecule has 0 saturated carbocycles. The minimum absolute atomic E-state index is 0.274. The molecule has 0 unspecified atom stereocenters. The van der Waals surface area contributed by atoms with Gasteiger partial charge in [0.15, 0.2) is 11.6 Å². The number of nitrogens with one attached hydrogen (secondary N) is 2. The van der Waals surface area contributed by atoms with Crippen molar-refractivity contribution < 1.29 is 4.52 Å². The number of hydrogen-bond acceptors (Lipinski definition) is 6. The first-order valence-electron chi connectivity index (χ1n) is 7.51. The smallest absolute Gasteiger partial charge is 0.175 e. The van der Waals surface area contributed by atoms with Crippen LogP contribution in [-0.4, -0.2) is 21.2 Å². The van der Waals surface area contributed by atoms with Gasteiger partial charge in [-0.15, -0.1) is 0 Å². The molecule has 0 radical (unpaired) electrons. The van der Waals surface area contributed by atoms with Crippen LogP contribution in [-0.2, 0) is 0 Å². The Bertz CT molecular complexity index is 783. The number of anilines is 3. The molecule has 0 fully saturated rings. The van der Waals surface area contributed by atoms with Crippen LogP contribution >= 0.6 is 0 Å². The van der Waals surface area contributed by atoms with Crippen molar-refractivity contribution in [3.05, 3.63) is 48.2 Å². The van der Waals surface area contributed by atoms with Crippen LogP contribution in [0.4, 0.5) is 17.5 Å². The van der Waals surface area contributed by atoms with E-state index in [0.717, 1.165) is 17.1 Å². The average molecular weight is 309 g/mol. The second kappa shape index (κ2) is 6.48. The topological polar surface area (TPSA) is 75.9 Å². The summed E-state index contributed by atoms with van der Waals surface area (Å²) in [6.45, 7) is 5.98. The van der Waals surface area contributed by atoms with E-state index in [1.54, 1.807) is 0 Å². The van der Waals surface area contributed by atoms with Crippen molar-refractivity contribution in [2.45, 2.75) is 26.8 Å². The molecule has 23 heavy (non-hydrogen) atoms. The van der Waals surface area contributed by atoms with Crippen LogP contribution in [0.2, 0.25) is 0 Å². The minimum Gasteiger partial charge on any atom is -0.368 e. The predicted octanol–water partition coefficient (Wildman–Crippen LogP) is 4.00. The molecule has 2 aromatic heterocycles. The lowest BCUT2D eigenvalue weighted by molar-refractivity contribution is 0.400. The Balaban J connectivity index is 1.97. The van der Waals surface area contributed by atoms with E-state index < -0.39 is 0 Å². The zero-order valence-electron chi connectivity index (χ0n) is 13.4. The molecule has 6 heteroatoms. The molecule has 3 aromatic rings. The molecular weight excluding hydrogens is 290 g/mol. The molecular formula is C17H19N5O. The van der Waals surface area contributed by atoms with Crippen LogP contribution in [0.15, 0.2) is 47.0 Å². The third-order valence-corrected chi connectivity index (χ3v) is 3.08. The van der Waals surface area contributed by atoms with E-state index in [2.05, 4.69) is 39.6 Å². The average Bonchev–Trinajstić information content (AvgIpc) is 2.92. The lowest BCUT2D eigenvalue weighted by Crippen LogP contribution is -2.12. The molecule has 1 aromatic carbocycles. The maximum Gasteiger partial charge on any atom is 0.175 e. The molecule has 6 nitrogen and oxygen atoms in total. The number of aryl methyl sites for hydroxylation is 1. The number of benzene rings is 1. The Morgan fingerprint density at radius 3 is 2.35 bits per heavy atom. The highest BCUT2D eigenvalue weighted by Gasteiger charge is 2.09. The highest BCUT2D eigenvalue weighted by atomic mass is 16.5. The number of hydrogen-bond donors (Lipinski definition) is 2. The molecule has 0 aliphatic rings. The van der Waals surface area contributed by atoms with Gasteiger partial charge in [0, 0.05) is 23.7 Å². The van der Waals surface area contributed by atoms with Gasteiger partial charge >= 0.3 is 0 Å². The first-order valence-corrected chi connectivity index (χ1v) is 7.51. The lowest BCUT2D eigenvalue weighted by atomic mass is 10.2. The highest BCUT2D eigenvalue weighted by Crippen LogP contribution is 2.22. The minimum atomic E-state index is 0.274. The van der Waals surface area contributed by atoms with Gasteiger partial charge in [-0.2, -0.15) is 0 Å². The molecule has 0 spiro atoms. The van der Waals surface area contributed by atoms with Gasteiger partial charge in [0.2, 0.25) is 0 Å². The van der Waals surface area contributed by atoms with Crippen LogP contribution in [0.5, 0.6) is 0 Å². The van der Waals surface area contributed by atoms with E-state index >= 15 is 0 Å². The molecule has 0 saturated heterocycles. The lowest BCUT2D eigenvalue weighted by Gasteiger charge is -2.12. The SMILES string of the molecule is Cc1cc(Nc2cc(NC(C)C)nc(-c3ccccc3)n2)no1. The summed E-state index contributed by atoms with van der Waals surface area (Å²) in [5.41, 5.74) is 0.958. The molecule has 0 amide bonds. The van der Waals surface area contributed by atoms with Gasteiger partial charge in [-0.05, 0) is 20.8 Å². The zero-order chi connectivity index (χ0) is 16.2. The summed E-state index contributed by atoms with van der Waals surface area (Å²) >= 11 is 0. The van der Waals surface area contributed by atoms with Crippen molar-refractivity contribution in [1.82, 2.24) is 15.1 Å². The number of aromatic nitrogens is 3. The van der Waals surface area contributed by atoms with Gasteiger partial charge in [0.05, 0.1) is 0 Å². The number of rotatable bonds is 5. The largest absolute Gasteiger partial charge is 0.368 e. The van der Waals surface area contributed by atoms with E-state index in [1.165, 1.54) is 0 Å². The summed E-state index contributed by atoms with van der Waals surface area (Å²) in [4.78, 5) is 9.16. The standard InChI is InChI=1S/C17H19N5O/c1-11(2)18-14-10-15(19-16-9-12(3)23-22-16)21-17(20-14)13-7-5-4-6-8-13/h4-11H,1-3H3,(H2,18,19,20,21,22). The van der Waals surface area contributed by atoms with Gasteiger partial charge in [-0.1, -0.05) is 35.5 Å². The van der Waals surface area contributed by atoms with E-state index in [-0.39, 0.29) is 6.04 Å². The molecule has 3 rings (SSSR count). The van der Waals surface area contributed by atoms with Gasteiger partial charge in [-0.25, -0.2) is 9.97 Å². The summed E-state index contributed by atoms with van der Waals surface area (Å²) in [6, 6.07) is 13.8. The molecule has 0 atom stereocenters. The van der Waals surface area contributed by atoms with Crippen LogP contribution in [0, 0.1) is 6.92 Å². The van der Waals surface area contributed by atoms with Gasteiger partial charge < -0.3 is 15.2 Å². The summed E-state index contributed by atoms with van der Waals surface area (Å²) < 4.78 is 5.07. The Morgan fingerprint density at radius 2 is 1.70 bits per heavy atom. The summed E-state index contributed by atoms with van der Waals surface area (Å²) in [7, 11) is 0. The quantitative estimate of drug-likeness (QED) is 0.742.